The molecule has 100 valence electrons. The molecule has 5 heteroatoms. The highest BCUT2D eigenvalue weighted by molar-refractivity contribution is 9.10. The zero-order valence-corrected chi connectivity index (χ0v) is 11.7. The molecule has 0 saturated carbocycles. The number of rotatable bonds is 4. The lowest BCUT2D eigenvalue weighted by molar-refractivity contribution is 0.287. The quantitative estimate of drug-likeness (QED) is 0.832. The SMILES string of the molecule is COc1ccc(Br)c(COc2cc(F)ccc2F)c1. The zero-order chi connectivity index (χ0) is 13.8. The van der Waals surface area contributed by atoms with Crippen molar-refractivity contribution in [2.24, 2.45) is 0 Å². The molecule has 0 aliphatic heterocycles. The van der Waals surface area contributed by atoms with Crippen molar-refractivity contribution in [2.45, 2.75) is 6.61 Å². The Morgan fingerprint density at radius 3 is 2.63 bits per heavy atom. The van der Waals surface area contributed by atoms with Crippen LogP contribution in [0.1, 0.15) is 5.56 Å². The number of hydrogen-bond acceptors (Lipinski definition) is 2. The van der Waals surface area contributed by atoms with Crippen LogP contribution in [0.4, 0.5) is 8.78 Å². The van der Waals surface area contributed by atoms with E-state index in [0.717, 1.165) is 28.2 Å². The molecule has 0 aliphatic rings. The fourth-order valence-corrected chi connectivity index (χ4v) is 1.89. The summed E-state index contributed by atoms with van der Waals surface area (Å²) in [7, 11) is 1.56. The van der Waals surface area contributed by atoms with Gasteiger partial charge in [-0.3, -0.25) is 0 Å². The van der Waals surface area contributed by atoms with Gasteiger partial charge in [-0.25, -0.2) is 8.78 Å². The molecule has 2 nitrogen and oxygen atoms in total. The maximum absolute atomic E-state index is 13.4. The second-order valence-electron chi connectivity index (χ2n) is 3.82. The maximum atomic E-state index is 13.4. The number of methoxy groups -OCH3 is 1. The summed E-state index contributed by atoms with van der Waals surface area (Å²) in [5.41, 5.74) is 0.781. The Hall–Kier alpha value is -1.62. The largest absolute Gasteiger partial charge is 0.497 e. The lowest BCUT2D eigenvalue weighted by Crippen LogP contribution is -1.99. The first-order chi connectivity index (χ1) is 9.10. The summed E-state index contributed by atoms with van der Waals surface area (Å²) in [5, 5.41) is 0. The standard InChI is InChI=1S/C14H11BrF2O2/c1-18-11-3-4-12(15)9(6-11)8-19-14-7-10(16)2-5-13(14)17/h2-7H,8H2,1H3. The molecule has 0 heterocycles. The predicted octanol–water partition coefficient (Wildman–Crippen LogP) is 4.31. The van der Waals surface area contributed by atoms with E-state index in [4.69, 9.17) is 9.47 Å². The monoisotopic (exact) mass is 328 g/mol. The number of halogens is 3. The van der Waals surface area contributed by atoms with E-state index >= 15 is 0 Å². The van der Waals surface area contributed by atoms with Gasteiger partial charge in [-0.1, -0.05) is 15.9 Å². The molecule has 0 saturated heterocycles. The van der Waals surface area contributed by atoms with Crippen LogP contribution in [-0.2, 0) is 6.61 Å². The molecule has 0 spiro atoms. The Bertz CT molecular complexity index is 588. The summed E-state index contributed by atoms with van der Waals surface area (Å²) in [5.74, 6) is -0.585. The first-order valence-electron chi connectivity index (χ1n) is 5.50. The molecule has 0 radical (unpaired) electrons. The Labute approximate surface area is 118 Å². The fourth-order valence-electron chi connectivity index (χ4n) is 1.53. The van der Waals surface area contributed by atoms with E-state index < -0.39 is 11.6 Å². The highest BCUT2D eigenvalue weighted by Gasteiger charge is 2.08. The molecule has 0 fully saturated rings. The predicted molar refractivity (Wildman–Crippen MR) is 71.4 cm³/mol. The van der Waals surface area contributed by atoms with E-state index in [9.17, 15) is 8.78 Å². The van der Waals surface area contributed by atoms with Crippen molar-refractivity contribution in [1.29, 1.82) is 0 Å². The minimum atomic E-state index is -0.597. The average Bonchev–Trinajstić information content (AvgIpc) is 2.41. The van der Waals surface area contributed by atoms with Gasteiger partial charge in [0.05, 0.1) is 7.11 Å². The van der Waals surface area contributed by atoms with Crippen LogP contribution in [0.2, 0.25) is 0 Å². The Kier molecular flexibility index (Phi) is 4.37. The van der Waals surface area contributed by atoms with Gasteiger partial charge in [-0.2, -0.15) is 0 Å². The van der Waals surface area contributed by atoms with E-state index in [2.05, 4.69) is 15.9 Å². The Balaban J connectivity index is 2.16. The van der Waals surface area contributed by atoms with E-state index in [1.54, 1.807) is 25.3 Å². The van der Waals surface area contributed by atoms with Gasteiger partial charge in [-0.05, 0) is 30.3 Å². The summed E-state index contributed by atoms with van der Waals surface area (Å²) >= 11 is 3.36. The average molecular weight is 329 g/mol. The minimum Gasteiger partial charge on any atom is -0.497 e. The summed E-state index contributed by atoms with van der Waals surface area (Å²) in [6, 6.07) is 8.45. The smallest absolute Gasteiger partial charge is 0.165 e. The van der Waals surface area contributed by atoms with Gasteiger partial charge in [0.1, 0.15) is 18.2 Å². The summed E-state index contributed by atoms with van der Waals surface area (Å²) in [6.07, 6.45) is 0. The van der Waals surface area contributed by atoms with Gasteiger partial charge in [0.25, 0.3) is 0 Å². The van der Waals surface area contributed by atoms with Crippen LogP contribution in [0.5, 0.6) is 11.5 Å². The molecule has 0 unspecified atom stereocenters. The van der Waals surface area contributed by atoms with Crippen LogP contribution in [0, 0.1) is 11.6 Å². The summed E-state index contributed by atoms with van der Waals surface area (Å²) in [4.78, 5) is 0. The van der Waals surface area contributed by atoms with Crippen LogP contribution in [0.25, 0.3) is 0 Å². The molecule has 2 rings (SSSR count). The van der Waals surface area contributed by atoms with Crippen LogP contribution in [-0.4, -0.2) is 7.11 Å². The van der Waals surface area contributed by atoms with Crippen molar-refractivity contribution in [2.75, 3.05) is 7.11 Å². The van der Waals surface area contributed by atoms with Crippen LogP contribution < -0.4 is 9.47 Å². The molecular weight excluding hydrogens is 318 g/mol. The number of benzene rings is 2. The van der Waals surface area contributed by atoms with Crippen molar-refractivity contribution in [1.82, 2.24) is 0 Å². The van der Waals surface area contributed by atoms with Crippen molar-refractivity contribution in [3.05, 3.63) is 58.1 Å². The molecule has 0 amide bonds. The molecule has 2 aromatic rings. The van der Waals surface area contributed by atoms with Crippen LogP contribution in [0.3, 0.4) is 0 Å². The maximum Gasteiger partial charge on any atom is 0.165 e. The van der Waals surface area contributed by atoms with E-state index in [-0.39, 0.29) is 12.4 Å². The van der Waals surface area contributed by atoms with Gasteiger partial charge in [0, 0.05) is 16.1 Å². The van der Waals surface area contributed by atoms with Crippen molar-refractivity contribution >= 4 is 15.9 Å². The highest BCUT2D eigenvalue weighted by atomic mass is 79.9. The van der Waals surface area contributed by atoms with Crippen molar-refractivity contribution in [3.8, 4) is 11.5 Å². The zero-order valence-electron chi connectivity index (χ0n) is 10.1. The van der Waals surface area contributed by atoms with Gasteiger partial charge in [0.15, 0.2) is 11.6 Å². The molecule has 0 aromatic heterocycles. The third kappa shape index (κ3) is 3.44. The molecule has 2 aromatic carbocycles. The van der Waals surface area contributed by atoms with Crippen molar-refractivity contribution < 1.29 is 18.3 Å². The van der Waals surface area contributed by atoms with Crippen LogP contribution in [0.15, 0.2) is 40.9 Å². The highest BCUT2D eigenvalue weighted by Crippen LogP contribution is 2.25. The summed E-state index contributed by atoms with van der Waals surface area (Å²) < 4.78 is 37.6. The third-order valence-electron chi connectivity index (χ3n) is 2.53. The van der Waals surface area contributed by atoms with E-state index in [1.165, 1.54) is 0 Å². The van der Waals surface area contributed by atoms with Gasteiger partial charge < -0.3 is 9.47 Å². The molecule has 19 heavy (non-hydrogen) atoms. The summed E-state index contributed by atoms with van der Waals surface area (Å²) in [6.45, 7) is 0.109. The van der Waals surface area contributed by atoms with Gasteiger partial charge in [0.2, 0.25) is 0 Å². The number of ether oxygens (including phenoxy) is 2. The molecular formula is C14H11BrF2O2. The molecule has 0 N–H and O–H groups in total. The Morgan fingerprint density at radius 1 is 1.11 bits per heavy atom. The van der Waals surface area contributed by atoms with Crippen LogP contribution >= 0.6 is 15.9 Å². The van der Waals surface area contributed by atoms with E-state index in [0.29, 0.717) is 5.75 Å². The van der Waals surface area contributed by atoms with Crippen molar-refractivity contribution in [3.63, 3.8) is 0 Å². The first-order valence-corrected chi connectivity index (χ1v) is 6.29. The second-order valence-corrected chi connectivity index (χ2v) is 4.68. The molecule has 0 bridgehead atoms. The normalized spacial score (nSPS) is 10.3. The second kappa shape index (κ2) is 6.02. The number of hydrogen-bond donors (Lipinski definition) is 0. The lowest BCUT2D eigenvalue weighted by Gasteiger charge is -2.10. The minimum absolute atomic E-state index is 0.109. The first kappa shape index (κ1) is 13.8. The Morgan fingerprint density at radius 2 is 1.89 bits per heavy atom. The molecule has 0 atom stereocenters. The van der Waals surface area contributed by atoms with Gasteiger partial charge >= 0.3 is 0 Å². The molecule has 0 aliphatic carbocycles. The fraction of sp³-hybridized carbons (Fsp3) is 0.143. The van der Waals surface area contributed by atoms with Gasteiger partial charge in [-0.15, -0.1) is 0 Å². The third-order valence-corrected chi connectivity index (χ3v) is 3.30. The lowest BCUT2D eigenvalue weighted by atomic mass is 10.2. The topological polar surface area (TPSA) is 18.5 Å². The van der Waals surface area contributed by atoms with E-state index in [1.807, 2.05) is 0 Å².